The van der Waals surface area contributed by atoms with Gasteiger partial charge in [-0.15, -0.1) is 0 Å². The van der Waals surface area contributed by atoms with Gasteiger partial charge in [0.15, 0.2) is 11.5 Å². The minimum Gasteiger partial charge on any atom is -0.454 e. The first-order valence-corrected chi connectivity index (χ1v) is 10.4. The zero-order valence-electron chi connectivity index (χ0n) is 16.6. The fraction of sp³-hybridized carbons (Fsp3) is 0.348. The number of pyridine rings is 1. The second-order valence-electron chi connectivity index (χ2n) is 8.19. The van der Waals surface area contributed by atoms with Gasteiger partial charge in [0.25, 0.3) is 5.56 Å². The highest BCUT2D eigenvalue weighted by Crippen LogP contribution is 2.38. The first kappa shape index (κ1) is 17.7. The number of nitrogens with zero attached hydrogens (tertiary/aromatic N) is 3. The molecule has 1 aromatic carbocycles. The molecule has 30 heavy (non-hydrogen) atoms. The van der Waals surface area contributed by atoms with Crippen LogP contribution in [0.25, 0.3) is 11.3 Å². The lowest BCUT2D eigenvalue weighted by atomic mass is 10.1. The van der Waals surface area contributed by atoms with Gasteiger partial charge in [0.2, 0.25) is 6.79 Å². The van der Waals surface area contributed by atoms with Gasteiger partial charge in [0.05, 0.1) is 22.6 Å². The summed E-state index contributed by atoms with van der Waals surface area (Å²) in [5.41, 5.74) is 4.67. The van der Waals surface area contributed by atoms with Gasteiger partial charge in [-0.3, -0.25) is 14.7 Å². The van der Waals surface area contributed by atoms with Crippen molar-refractivity contribution in [3.8, 4) is 22.8 Å². The van der Waals surface area contributed by atoms with E-state index in [0.717, 1.165) is 71.3 Å². The van der Waals surface area contributed by atoms with Gasteiger partial charge < -0.3 is 14.5 Å². The Morgan fingerprint density at radius 3 is 2.90 bits per heavy atom. The summed E-state index contributed by atoms with van der Waals surface area (Å²) in [6, 6.07) is 11.9. The molecule has 6 rings (SSSR count). The lowest BCUT2D eigenvalue weighted by Gasteiger charge is -2.27. The van der Waals surface area contributed by atoms with Crippen molar-refractivity contribution >= 4 is 0 Å². The Balaban J connectivity index is 1.21. The Kier molecular flexibility index (Phi) is 4.09. The Labute approximate surface area is 173 Å². The molecular weight excluding hydrogens is 380 g/mol. The summed E-state index contributed by atoms with van der Waals surface area (Å²) < 4.78 is 10.9. The fourth-order valence-electron chi connectivity index (χ4n) is 4.20. The van der Waals surface area contributed by atoms with E-state index in [1.807, 2.05) is 36.4 Å². The Hall–Kier alpha value is -3.19. The molecule has 1 N–H and O–H groups in total. The van der Waals surface area contributed by atoms with Crippen LogP contribution in [0.4, 0.5) is 0 Å². The number of H-pyrrole nitrogens is 1. The summed E-state index contributed by atoms with van der Waals surface area (Å²) in [4.78, 5) is 27.4. The number of aromatic amines is 1. The molecule has 152 valence electrons. The van der Waals surface area contributed by atoms with Gasteiger partial charge in [0, 0.05) is 37.5 Å². The molecule has 2 aliphatic heterocycles. The molecule has 1 saturated carbocycles. The van der Waals surface area contributed by atoms with Gasteiger partial charge in [-0.2, -0.15) is 0 Å². The maximum Gasteiger partial charge on any atom is 0.255 e. The predicted molar refractivity (Wildman–Crippen MR) is 110 cm³/mol. The van der Waals surface area contributed by atoms with Crippen LogP contribution in [0.3, 0.4) is 0 Å². The summed E-state index contributed by atoms with van der Waals surface area (Å²) >= 11 is 0. The lowest BCUT2D eigenvalue weighted by molar-refractivity contribution is 0.174. The predicted octanol–water partition coefficient (Wildman–Crippen LogP) is 3.00. The molecule has 3 aromatic rings. The molecule has 3 aliphatic rings. The van der Waals surface area contributed by atoms with E-state index in [4.69, 9.17) is 19.4 Å². The van der Waals surface area contributed by atoms with E-state index in [9.17, 15) is 4.79 Å². The Morgan fingerprint density at radius 1 is 1.10 bits per heavy atom. The van der Waals surface area contributed by atoms with Crippen molar-refractivity contribution in [1.82, 2.24) is 19.9 Å². The van der Waals surface area contributed by atoms with E-state index in [-0.39, 0.29) is 12.4 Å². The van der Waals surface area contributed by atoms with Gasteiger partial charge in [-0.1, -0.05) is 6.07 Å². The highest BCUT2D eigenvalue weighted by atomic mass is 16.7. The normalized spacial score (nSPS) is 17.7. The van der Waals surface area contributed by atoms with Gasteiger partial charge in [-0.25, -0.2) is 4.98 Å². The average Bonchev–Trinajstić information content (AvgIpc) is 3.51. The van der Waals surface area contributed by atoms with Crippen LogP contribution in [0.1, 0.15) is 41.5 Å². The highest BCUT2D eigenvalue weighted by molar-refractivity contribution is 5.64. The van der Waals surface area contributed by atoms with Crippen molar-refractivity contribution in [3.05, 3.63) is 69.5 Å². The smallest absolute Gasteiger partial charge is 0.255 e. The molecule has 0 radical (unpaired) electrons. The van der Waals surface area contributed by atoms with Crippen molar-refractivity contribution in [3.63, 3.8) is 0 Å². The number of ether oxygens (including phenoxy) is 2. The van der Waals surface area contributed by atoms with E-state index < -0.39 is 0 Å². The van der Waals surface area contributed by atoms with Crippen molar-refractivity contribution < 1.29 is 9.47 Å². The molecule has 7 nitrogen and oxygen atoms in total. The van der Waals surface area contributed by atoms with E-state index in [1.165, 1.54) is 0 Å². The fourth-order valence-corrected chi connectivity index (χ4v) is 4.20. The second-order valence-corrected chi connectivity index (χ2v) is 8.19. The minimum absolute atomic E-state index is 0.0219. The molecule has 0 saturated heterocycles. The second kappa shape index (κ2) is 6.95. The Bertz CT molecular complexity index is 1190. The zero-order chi connectivity index (χ0) is 20.1. The third kappa shape index (κ3) is 3.25. The maximum absolute atomic E-state index is 12.6. The van der Waals surface area contributed by atoms with Gasteiger partial charge >= 0.3 is 0 Å². The Morgan fingerprint density at radius 2 is 2.00 bits per heavy atom. The standard InChI is InChI=1S/C23H22N4O3/c28-23-17-12-27(9-8-19(17)25-22(26-23)14-4-5-14)11-16-2-1-3-18(24-16)15-6-7-20-21(10-15)30-13-29-20/h1-3,6-7,10,14H,4-5,8-9,11-13H2,(H,25,26,28). The molecule has 7 heteroatoms. The lowest BCUT2D eigenvalue weighted by Crippen LogP contribution is -2.36. The molecule has 0 spiro atoms. The molecule has 0 unspecified atom stereocenters. The molecular formula is C23H22N4O3. The van der Waals surface area contributed by atoms with Crippen LogP contribution >= 0.6 is 0 Å². The maximum atomic E-state index is 12.6. The molecule has 2 aromatic heterocycles. The first-order chi connectivity index (χ1) is 14.7. The van der Waals surface area contributed by atoms with Crippen LogP contribution in [-0.4, -0.2) is 33.2 Å². The topological polar surface area (TPSA) is 80.3 Å². The summed E-state index contributed by atoms with van der Waals surface area (Å²) in [6.07, 6.45) is 3.08. The van der Waals surface area contributed by atoms with Crippen LogP contribution < -0.4 is 15.0 Å². The SMILES string of the molecule is O=c1[nH]c(C2CC2)nc2c1CN(Cc1cccc(-c3ccc4c(c3)OCO4)n1)CC2. The van der Waals surface area contributed by atoms with Crippen LogP contribution in [-0.2, 0) is 19.5 Å². The molecule has 4 heterocycles. The third-order valence-electron chi connectivity index (χ3n) is 5.99. The quantitative estimate of drug-likeness (QED) is 0.723. The van der Waals surface area contributed by atoms with Gasteiger partial charge in [-0.05, 0) is 43.2 Å². The first-order valence-electron chi connectivity index (χ1n) is 10.4. The average molecular weight is 402 g/mol. The summed E-state index contributed by atoms with van der Waals surface area (Å²) in [5, 5.41) is 0. The summed E-state index contributed by atoms with van der Waals surface area (Å²) in [5.74, 6) is 2.87. The number of hydrogen-bond donors (Lipinski definition) is 1. The van der Waals surface area contributed by atoms with E-state index in [0.29, 0.717) is 19.0 Å². The minimum atomic E-state index is 0.0219. The van der Waals surface area contributed by atoms with Crippen LogP contribution in [0, 0.1) is 0 Å². The summed E-state index contributed by atoms with van der Waals surface area (Å²) in [6.45, 7) is 2.45. The monoisotopic (exact) mass is 402 g/mol. The van der Waals surface area contributed by atoms with E-state index in [1.54, 1.807) is 0 Å². The number of hydrogen-bond acceptors (Lipinski definition) is 6. The number of benzene rings is 1. The highest BCUT2D eigenvalue weighted by Gasteiger charge is 2.29. The van der Waals surface area contributed by atoms with Crippen LogP contribution in [0.2, 0.25) is 0 Å². The third-order valence-corrected chi connectivity index (χ3v) is 5.99. The van der Waals surface area contributed by atoms with E-state index in [2.05, 4.69) is 9.88 Å². The summed E-state index contributed by atoms with van der Waals surface area (Å²) in [7, 11) is 0. The molecule has 0 bridgehead atoms. The molecule has 0 amide bonds. The molecule has 0 atom stereocenters. The van der Waals surface area contributed by atoms with E-state index >= 15 is 0 Å². The van der Waals surface area contributed by atoms with Crippen LogP contribution in [0.5, 0.6) is 11.5 Å². The van der Waals surface area contributed by atoms with Crippen molar-refractivity contribution in [2.24, 2.45) is 0 Å². The van der Waals surface area contributed by atoms with Crippen molar-refractivity contribution in [1.29, 1.82) is 0 Å². The number of nitrogens with one attached hydrogen (secondary N) is 1. The molecule has 1 aliphatic carbocycles. The van der Waals surface area contributed by atoms with Crippen molar-refractivity contribution in [2.75, 3.05) is 13.3 Å². The van der Waals surface area contributed by atoms with Crippen molar-refractivity contribution in [2.45, 2.75) is 38.3 Å². The zero-order valence-corrected chi connectivity index (χ0v) is 16.6. The molecule has 1 fully saturated rings. The van der Waals surface area contributed by atoms with Crippen LogP contribution in [0.15, 0.2) is 41.2 Å². The van der Waals surface area contributed by atoms with Gasteiger partial charge in [0.1, 0.15) is 5.82 Å². The number of fused-ring (bicyclic) bond motifs is 2. The largest absolute Gasteiger partial charge is 0.454 e. The number of rotatable bonds is 4. The number of aromatic nitrogens is 3.